The Morgan fingerprint density at radius 1 is 0.299 bits per heavy atom. The van der Waals surface area contributed by atoms with Gasteiger partial charge in [0.05, 0.1) is 38.9 Å². The van der Waals surface area contributed by atoms with Crippen molar-refractivity contribution in [3.8, 4) is 50.2 Å². The zero-order valence-corrected chi connectivity index (χ0v) is 42.6. The fraction of sp³-hybridized carbons (Fsp3) is 0.0667. The SMILES string of the molecule is CC1(C)c2ccccc2-c2c(N(c3ccc4c(c3)C3(c5ccccc5-4)c4ccccc4-n4c5ccccc5c5cccc3c54)c3cc4c(c5ccccc35)-c3ccccc3C43c4ccccc4-c4ccccc43)cccc21. The van der Waals surface area contributed by atoms with Crippen molar-refractivity contribution in [1.29, 1.82) is 0 Å². The van der Waals surface area contributed by atoms with Gasteiger partial charge in [0, 0.05) is 32.8 Å². The van der Waals surface area contributed by atoms with Gasteiger partial charge in [-0.1, -0.05) is 232 Å². The summed E-state index contributed by atoms with van der Waals surface area (Å²) in [6, 6.07) is 97.8. The van der Waals surface area contributed by atoms with Crippen LogP contribution in [0.1, 0.15) is 69.5 Å². The van der Waals surface area contributed by atoms with Crippen molar-refractivity contribution in [2.45, 2.75) is 30.1 Å². The average molecular weight is 977 g/mol. The molecule has 358 valence electrons. The lowest BCUT2D eigenvalue weighted by molar-refractivity contribution is 0.660. The topological polar surface area (TPSA) is 8.17 Å². The van der Waals surface area contributed by atoms with Crippen LogP contribution >= 0.6 is 0 Å². The highest BCUT2D eigenvalue weighted by molar-refractivity contribution is 6.15. The van der Waals surface area contributed by atoms with Gasteiger partial charge in [0.25, 0.3) is 0 Å². The van der Waals surface area contributed by atoms with E-state index < -0.39 is 10.8 Å². The molecule has 2 spiro atoms. The summed E-state index contributed by atoms with van der Waals surface area (Å²) in [5, 5.41) is 5.04. The zero-order valence-electron chi connectivity index (χ0n) is 42.6. The Kier molecular flexibility index (Phi) is 7.85. The van der Waals surface area contributed by atoms with Crippen LogP contribution in [0, 0.1) is 0 Å². The first-order chi connectivity index (χ1) is 38.0. The van der Waals surface area contributed by atoms with Crippen molar-refractivity contribution < 1.29 is 0 Å². The molecule has 4 aliphatic carbocycles. The minimum atomic E-state index is -0.621. The molecule has 5 aliphatic rings. The summed E-state index contributed by atoms with van der Waals surface area (Å²) in [5.41, 5.74) is 29.6. The van der Waals surface area contributed by atoms with Gasteiger partial charge < -0.3 is 9.47 Å². The molecule has 0 bridgehead atoms. The highest BCUT2D eigenvalue weighted by Crippen LogP contribution is 2.67. The molecule has 0 N–H and O–H groups in total. The van der Waals surface area contributed by atoms with Gasteiger partial charge in [-0.05, 0) is 136 Å². The van der Waals surface area contributed by atoms with E-state index in [4.69, 9.17) is 0 Å². The number of fused-ring (bicyclic) bond motifs is 27. The van der Waals surface area contributed by atoms with Crippen molar-refractivity contribution in [2.24, 2.45) is 0 Å². The second-order valence-corrected chi connectivity index (χ2v) is 22.6. The number of anilines is 3. The second kappa shape index (κ2) is 14.5. The van der Waals surface area contributed by atoms with Gasteiger partial charge in [-0.15, -0.1) is 0 Å². The minimum absolute atomic E-state index is 0.205. The van der Waals surface area contributed by atoms with Gasteiger partial charge in [0.2, 0.25) is 0 Å². The number of nitrogens with zero attached hydrogens (tertiary/aromatic N) is 2. The summed E-state index contributed by atoms with van der Waals surface area (Å²) in [4.78, 5) is 2.67. The second-order valence-electron chi connectivity index (χ2n) is 22.6. The number of aromatic nitrogens is 1. The molecular formula is C75H48N2. The van der Waals surface area contributed by atoms with Gasteiger partial charge in [-0.25, -0.2) is 0 Å². The molecule has 1 atom stereocenters. The summed E-state index contributed by atoms with van der Waals surface area (Å²) < 4.78 is 2.55. The van der Waals surface area contributed by atoms with E-state index in [2.05, 4.69) is 278 Å². The number of hydrogen-bond donors (Lipinski definition) is 0. The van der Waals surface area contributed by atoms with Crippen LogP contribution < -0.4 is 4.90 Å². The Hall–Kier alpha value is -9.50. The maximum atomic E-state index is 2.67. The van der Waals surface area contributed by atoms with Crippen molar-refractivity contribution in [3.05, 3.63) is 310 Å². The van der Waals surface area contributed by atoms with Crippen LogP contribution in [-0.4, -0.2) is 4.57 Å². The monoisotopic (exact) mass is 976 g/mol. The lowest BCUT2D eigenvalue weighted by atomic mass is 9.65. The van der Waals surface area contributed by atoms with Crippen LogP contribution in [0.2, 0.25) is 0 Å². The maximum absolute atomic E-state index is 2.67. The fourth-order valence-electron chi connectivity index (χ4n) is 16.1. The van der Waals surface area contributed by atoms with E-state index in [0.717, 1.165) is 5.69 Å². The molecular weight excluding hydrogens is 929 g/mol. The average Bonchev–Trinajstić information content (AvgIpc) is 3.37. The zero-order chi connectivity index (χ0) is 50.5. The van der Waals surface area contributed by atoms with Crippen LogP contribution in [0.15, 0.2) is 255 Å². The molecule has 1 aliphatic heterocycles. The van der Waals surface area contributed by atoms with E-state index in [-0.39, 0.29) is 5.41 Å². The molecule has 0 saturated carbocycles. The molecule has 13 aromatic rings. The molecule has 0 radical (unpaired) electrons. The van der Waals surface area contributed by atoms with Gasteiger partial charge >= 0.3 is 0 Å². The fourth-order valence-corrected chi connectivity index (χ4v) is 16.1. The maximum Gasteiger partial charge on any atom is 0.0755 e. The highest BCUT2D eigenvalue weighted by atomic mass is 15.1. The smallest absolute Gasteiger partial charge is 0.0755 e. The quantitative estimate of drug-likeness (QED) is 0.171. The van der Waals surface area contributed by atoms with E-state index in [1.807, 2.05) is 0 Å². The molecule has 1 unspecified atom stereocenters. The first-order valence-electron chi connectivity index (χ1n) is 27.3. The normalized spacial score (nSPS) is 16.4. The van der Waals surface area contributed by atoms with Crippen molar-refractivity contribution in [1.82, 2.24) is 4.57 Å². The summed E-state index contributed by atoms with van der Waals surface area (Å²) in [5.74, 6) is 0. The lowest BCUT2D eigenvalue weighted by Crippen LogP contribution is -2.33. The number of para-hydroxylation sites is 3. The van der Waals surface area contributed by atoms with Crippen LogP contribution in [0.5, 0.6) is 0 Å². The number of hydrogen-bond acceptors (Lipinski definition) is 1. The van der Waals surface area contributed by atoms with Gasteiger partial charge in [-0.3, -0.25) is 0 Å². The standard InChI is InChI=1S/C75H48N2/c1-73(2)56-30-11-8-27-54(56)71-62(73)36-20-40-68(71)76(69-44-65-70(52-26-4-3-24-50(52)69)55-28-9-15-34-60(55)74(65)57-31-12-5-21-46(57)47-22-6-13-32-58(47)74)45-41-42-49-48-23-7-14-33-59(48)75(64(49)43-45)61-35-16-18-39-67(61)77-66-38-17-10-25-51(66)53-29-19-37-63(75)72(53)77/h3-44H,1-2H3. The number of benzene rings is 12. The van der Waals surface area contributed by atoms with Crippen LogP contribution in [-0.2, 0) is 16.2 Å². The van der Waals surface area contributed by atoms with E-state index in [0.29, 0.717) is 0 Å². The van der Waals surface area contributed by atoms with Crippen molar-refractivity contribution >= 4 is 49.6 Å². The largest absolute Gasteiger partial charge is 0.309 e. The Balaban J connectivity index is 0.993. The van der Waals surface area contributed by atoms with Crippen LogP contribution in [0.3, 0.4) is 0 Å². The summed E-state index contributed by atoms with van der Waals surface area (Å²) in [7, 11) is 0. The highest BCUT2D eigenvalue weighted by Gasteiger charge is 2.54. The molecule has 0 saturated heterocycles. The minimum Gasteiger partial charge on any atom is -0.309 e. The van der Waals surface area contributed by atoms with Gasteiger partial charge in [0.1, 0.15) is 0 Å². The molecule has 2 heteroatoms. The summed E-state index contributed by atoms with van der Waals surface area (Å²) in [6.07, 6.45) is 0. The molecule has 0 amide bonds. The Bertz CT molecular complexity index is 4770. The number of rotatable bonds is 3. The van der Waals surface area contributed by atoms with E-state index in [9.17, 15) is 0 Å². The molecule has 12 aromatic carbocycles. The Morgan fingerprint density at radius 3 is 1.48 bits per heavy atom. The lowest BCUT2D eigenvalue weighted by Gasteiger charge is -2.40. The van der Waals surface area contributed by atoms with Crippen LogP contribution in [0.25, 0.3) is 82.8 Å². The predicted octanol–water partition coefficient (Wildman–Crippen LogP) is 18.7. The molecule has 0 fully saturated rings. The molecule has 1 aromatic heterocycles. The van der Waals surface area contributed by atoms with Gasteiger partial charge in [0.15, 0.2) is 0 Å². The third kappa shape index (κ3) is 4.82. The van der Waals surface area contributed by atoms with Crippen LogP contribution in [0.4, 0.5) is 17.1 Å². The van der Waals surface area contributed by atoms with E-state index in [1.165, 1.54) is 150 Å². The Labute approximate surface area is 447 Å². The van der Waals surface area contributed by atoms with Crippen molar-refractivity contribution in [2.75, 3.05) is 4.90 Å². The third-order valence-corrected chi connectivity index (χ3v) is 19.0. The molecule has 18 rings (SSSR count). The predicted molar refractivity (Wildman–Crippen MR) is 318 cm³/mol. The third-order valence-electron chi connectivity index (χ3n) is 19.0. The first kappa shape index (κ1) is 41.8. The van der Waals surface area contributed by atoms with E-state index in [1.54, 1.807) is 0 Å². The van der Waals surface area contributed by atoms with E-state index >= 15 is 0 Å². The Morgan fingerprint density at radius 2 is 0.779 bits per heavy atom. The molecule has 77 heavy (non-hydrogen) atoms. The molecule has 2 heterocycles. The first-order valence-corrected chi connectivity index (χ1v) is 27.3. The molecule has 2 nitrogen and oxygen atoms in total. The van der Waals surface area contributed by atoms with Gasteiger partial charge in [-0.2, -0.15) is 0 Å². The summed E-state index contributed by atoms with van der Waals surface area (Å²) >= 11 is 0. The summed E-state index contributed by atoms with van der Waals surface area (Å²) in [6.45, 7) is 4.81. The van der Waals surface area contributed by atoms with Crippen molar-refractivity contribution in [3.63, 3.8) is 0 Å².